The van der Waals surface area contributed by atoms with E-state index < -0.39 is 5.97 Å². The number of carbonyl (C=O) groups is 3. The molecule has 2 amide bonds. The van der Waals surface area contributed by atoms with Crippen LogP contribution in [0.25, 0.3) is 0 Å². The van der Waals surface area contributed by atoms with Gasteiger partial charge in [-0.15, -0.1) is 0 Å². The van der Waals surface area contributed by atoms with Crippen molar-refractivity contribution in [1.82, 2.24) is 0 Å². The molecule has 2 bridgehead atoms. The van der Waals surface area contributed by atoms with Crippen LogP contribution in [0.2, 0.25) is 5.02 Å². The Kier molecular flexibility index (Phi) is 3.88. The first-order valence-electron chi connectivity index (χ1n) is 9.17. The molecule has 140 valence electrons. The molecule has 0 radical (unpaired) electrons. The summed E-state index contributed by atoms with van der Waals surface area (Å²) >= 11 is 5.84. The van der Waals surface area contributed by atoms with Crippen LogP contribution in [-0.4, -0.2) is 17.8 Å². The predicted molar refractivity (Wildman–Crippen MR) is 103 cm³/mol. The van der Waals surface area contributed by atoms with E-state index in [0.717, 1.165) is 6.42 Å². The summed E-state index contributed by atoms with van der Waals surface area (Å²) in [4.78, 5) is 39.6. The summed E-state index contributed by atoms with van der Waals surface area (Å²) in [7, 11) is 0. The largest absolute Gasteiger partial charge is 0.423 e. The van der Waals surface area contributed by atoms with Crippen molar-refractivity contribution in [2.24, 2.45) is 23.7 Å². The van der Waals surface area contributed by atoms with Crippen molar-refractivity contribution in [3.05, 3.63) is 71.3 Å². The fourth-order valence-corrected chi connectivity index (χ4v) is 4.72. The maximum absolute atomic E-state index is 12.9. The van der Waals surface area contributed by atoms with Gasteiger partial charge in [0, 0.05) is 5.02 Å². The van der Waals surface area contributed by atoms with Gasteiger partial charge < -0.3 is 4.74 Å². The van der Waals surface area contributed by atoms with Crippen LogP contribution in [0.3, 0.4) is 0 Å². The Balaban J connectivity index is 1.40. The van der Waals surface area contributed by atoms with E-state index >= 15 is 0 Å². The molecular formula is C22H16ClNO4. The van der Waals surface area contributed by atoms with E-state index in [1.54, 1.807) is 42.5 Å². The minimum absolute atomic E-state index is 0.148. The number of anilines is 1. The van der Waals surface area contributed by atoms with Crippen LogP contribution in [0.4, 0.5) is 5.69 Å². The minimum atomic E-state index is -0.565. The van der Waals surface area contributed by atoms with Crippen molar-refractivity contribution in [2.75, 3.05) is 4.90 Å². The van der Waals surface area contributed by atoms with E-state index in [1.165, 1.54) is 11.0 Å². The zero-order valence-corrected chi connectivity index (χ0v) is 15.5. The summed E-state index contributed by atoms with van der Waals surface area (Å²) in [5.41, 5.74) is 0.681. The molecule has 5 rings (SSSR count). The van der Waals surface area contributed by atoms with E-state index in [9.17, 15) is 14.4 Å². The Morgan fingerprint density at radius 2 is 1.61 bits per heavy atom. The monoisotopic (exact) mass is 393 g/mol. The van der Waals surface area contributed by atoms with Gasteiger partial charge in [-0.05, 0) is 60.7 Å². The van der Waals surface area contributed by atoms with Gasteiger partial charge in [-0.2, -0.15) is 0 Å². The number of imide groups is 1. The standard InChI is InChI=1S/C22H16ClNO4/c23-15-6-8-17(9-7-15)28-22(27)14-2-1-3-16(11-14)24-20(25)18-12-4-5-13(10-12)19(18)21(24)26/h1-9,11-13,18-19H,10H2/t12-,13-,18-,19+/m0/s1. The quantitative estimate of drug-likeness (QED) is 0.343. The molecule has 1 saturated heterocycles. The second-order valence-electron chi connectivity index (χ2n) is 7.41. The molecule has 3 aliphatic rings. The highest BCUT2D eigenvalue weighted by Crippen LogP contribution is 2.53. The predicted octanol–water partition coefficient (Wildman–Crippen LogP) is 3.87. The van der Waals surface area contributed by atoms with E-state index in [-0.39, 0.29) is 41.0 Å². The van der Waals surface area contributed by atoms with E-state index in [0.29, 0.717) is 16.5 Å². The Labute approximate surface area is 166 Å². The highest BCUT2D eigenvalue weighted by atomic mass is 35.5. The molecule has 2 aromatic rings. The van der Waals surface area contributed by atoms with Gasteiger partial charge >= 0.3 is 5.97 Å². The first-order valence-corrected chi connectivity index (χ1v) is 9.54. The number of halogens is 1. The maximum Gasteiger partial charge on any atom is 0.343 e. The number of amides is 2. The first-order chi connectivity index (χ1) is 13.5. The molecule has 0 unspecified atom stereocenters. The lowest BCUT2D eigenvalue weighted by atomic mass is 9.85. The fourth-order valence-electron chi connectivity index (χ4n) is 4.60. The Morgan fingerprint density at radius 1 is 0.964 bits per heavy atom. The van der Waals surface area contributed by atoms with Crippen LogP contribution < -0.4 is 9.64 Å². The lowest BCUT2D eigenvalue weighted by molar-refractivity contribution is -0.123. The lowest BCUT2D eigenvalue weighted by Gasteiger charge is -2.18. The van der Waals surface area contributed by atoms with E-state index in [1.807, 2.05) is 0 Å². The smallest absolute Gasteiger partial charge is 0.343 e. The molecule has 2 fully saturated rings. The van der Waals surface area contributed by atoms with Gasteiger partial charge in [-0.1, -0.05) is 29.8 Å². The number of rotatable bonds is 3. The molecule has 0 aromatic heterocycles. The molecular weight excluding hydrogens is 378 g/mol. The number of allylic oxidation sites excluding steroid dienone is 2. The van der Waals surface area contributed by atoms with Crippen LogP contribution >= 0.6 is 11.6 Å². The van der Waals surface area contributed by atoms with Gasteiger partial charge in [-0.25, -0.2) is 9.69 Å². The fraction of sp³-hybridized carbons (Fsp3) is 0.227. The summed E-state index contributed by atoms with van der Waals surface area (Å²) in [6.45, 7) is 0. The highest BCUT2D eigenvalue weighted by molar-refractivity contribution is 6.30. The molecule has 0 spiro atoms. The summed E-state index contributed by atoms with van der Waals surface area (Å²) in [6.07, 6.45) is 4.99. The van der Waals surface area contributed by atoms with Crippen LogP contribution in [0.1, 0.15) is 16.8 Å². The van der Waals surface area contributed by atoms with Crippen molar-refractivity contribution in [1.29, 1.82) is 0 Å². The van der Waals surface area contributed by atoms with Crippen LogP contribution in [0, 0.1) is 23.7 Å². The average molecular weight is 394 g/mol. The number of hydrogen-bond donors (Lipinski definition) is 0. The maximum atomic E-state index is 12.9. The molecule has 6 heteroatoms. The van der Waals surface area contributed by atoms with Crippen LogP contribution in [0.5, 0.6) is 5.75 Å². The van der Waals surface area contributed by atoms with Crippen molar-refractivity contribution < 1.29 is 19.1 Å². The second-order valence-corrected chi connectivity index (χ2v) is 7.84. The van der Waals surface area contributed by atoms with Gasteiger partial charge in [0.05, 0.1) is 23.1 Å². The van der Waals surface area contributed by atoms with Gasteiger partial charge in [-0.3, -0.25) is 9.59 Å². The minimum Gasteiger partial charge on any atom is -0.423 e. The molecule has 2 aromatic carbocycles. The molecule has 5 nitrogen and oxygen atoms in total. The average Bonchev–Trinajstić information content (AvgIpc) is 3.37. The Morgan fingerprint density at radius 3 is 2.25 bits per heavy atom. The third-order valence-electron chi connectivity index (χ3n) is 5.83. The highest BCUT2D eigenvalue weighted by Gasteiger charge is 2.59. The van der Waals surface area contributed by atoms with E-state index in [2.05, 4.69) is 12.2 Å². The second kappa shape index (κ2) is 6.31. The topological polar surface area (TPSA) is 63.7 Å². The third kappa shape index (κ3) is 2.58. The number of carbonyl (C=O) groups excluding carboxylic acids is 3. The number of hydrogen-bond acceptors (Lipinski definition) is 4. The van der Waals surface area contributed by atoms with Crippen LogP contribution in [-0.2, 0) is 9.59 Å². The zero-order valence-electron chi connectivity index (χ0n) is 14.7. The SMILES string of the molecule is O=C(Oc1ccc(Cl)cc1)c1cccc(N2C(=O)[C@@H]3[C@H](C2=O)[C@H]2C=C[C@H]3C2)c1. The van der Waals surface area contributed by atoms with Gasteiger partial charge in [0.25, 0.3) is 0 Å². The first kappa shape index (κ1) is 17.2. The summed E-state index contributed by atoms with van der Waals surface area (Å²) in [5.74, 6) is -0.788. The number of nitrogens with zero attached hydrogens (tertiary/aromatic N) is 1. The normalized spacial score (nSPS) is 27.4. The van der Waals surface area contributed by atoms with Crippen molar-refractivity contribution in [3.63, 3.8) is 0 Å². The summed E-state index contributed by atoms with van der Waals surface area (Å²) in [6, 6.07) is 12.9. The van der Waals surface area contributed by atoms with Gasteiger partial charge in [0.2, 0.25) is 11.8 Å². The van der Waals surface area contributed by atoms with Crippen LogP contribution in [0.15, 0.2) is 60.7 Å². The molecule has 4 atom stereocenters. The zero-order chi connectivity index (χ0) is 19.4. The third-order valence-corrected chi connectivity index (χ3v) is 6.09. The Hall–Kier alpha value is -2.92. The molecule has 0 N–H and O–H groups in total. The Bertz CT molecular complexity index is 999. The number of ether oxygens (including phenoxy) is 1. The van der Waals surface area contributed by atoms with Gasteiger partial charge in [0.1, 0.15) is 5.75 Å². The van der Waals surface area contributed by atoms with E-state index in [4.69, 9.17) is 16.3 Å². The molecule has 2 aliphatic carbocycles. The van der Waals surface area contributed by atoms with Crippen molar-refractivity contribution in [2.45, 2.75) is 6.42 Å². The molecule has 28 heavy (non-hydrogen) atoms. The number of esters is 1. The molecule has 1 heterocycles. The van der Waals surface area contributed by atoms with Crippen molar-refractivity contribution >= 4 is 35.1 Å². The summed E-state index contributed by atoms with van der Waals surface area (Å²) in [5, 5.41) is 0.543. The van der Waals surface area contributed by atoms with Crippen molar-refractivity contribution in [3.8, 4) is 5.75 Å². The molecule has 1 saturated carbocycles. The lowest BCUT2D eigenvalue weighted by Crippen LogP contribution is -2.33. The molecule has 1 aliphatic heterocycles. The summed E-state index contributed by atoms with van der Waals surface area (Å²) < 4.78 is 5.35. The van der Waals surface area contributed by atoms with Gasteiger partial charge in [0.15, 0.2) is 0 Å². The number of benzene rings is 2. The number of fused-ring (bicyclic) bond motifs is 5.